The number of rotatable bonds is 5. The van der Waals surface area contributed by atoms with Crippen LogP contribution in [-0.4, -0.2) is 22.6 Å². The summed E-state index contributed by atoms with van der Waals surface area (Å²) in [5.41, 5.74) is -0.126. The number of pyridine rings is 2. The monoisotopic (exact) mass is 501 g/mol. The van der Waals surface area contributed by atoms with Crippen LogP contribution in [0.3, 0.4) is 0 Å². The lowest BCUT2D eigenvalue weighted by molar-refractivity contribution is 0.262. The lowest BCUT2D eigenvalue weighted by Gasteiger charge is -2.15. The van der Waals surface area contributed by atoms with Gasteiger partial charge in [-0.25, -0.2) is 22.9 Å². The highest BCUT2D eigenvalue weighted by molar-refractivity contribution is 6.33. The van der Waals surface area contributed by atoms with E-state index in [0.29, 0.717) is 23.3 Å². The van der Waals surface area contributed by atoms with E-state index in [1.807, 2.05) is 0 Å². The third-order valence-electron chi connectivity index (χ3n) is 5.32. The van der Waals surface area contributed by atoms with Crippen LogP contribution in [0.25, 0.3) is 22.0 Å². The zero-order chi connectivity index (χ0) is 25.3. The van der Waals surface area contributed by atoms with E-state index >= 15 is 0 Å². The fraction of sp³-hybridized carbons (Fsp3) is 0.125. The Morgan fingerprint density at radius 1 is 1.00 bits per heavy atom. The summed E-state index contributed by atoms with van der Waals surface area (Å²) in [6.45, 7) is 2.15. The average molecular weight is 502 g/mol. The molecular weight excluding hydrogens is 483 g/mol. The van der Waals surface area contributed by atoms with E-state index < -0.39 is 29.2 Å². The number of aryl methyl sites for hydroxylation is 1. The normalized spacial score (nSPS) is 10.9. The lowest BCUT2D eigenvalue weighted by Crippen LogP contribution is -2.22. The summed E-state index contributed by atoms with van der Waals surface area (Å²) in [5.74, 6) is -1.93. The summed E-state index contributed by atoms with van der Waals surface area (Å²) in [5, 5.41) is 7.88. The number of hydrogen-bond donors (Lipinski definition) is 3. The van der Waals surface area contributed by atoms with Crippen LogP contribution in [0.2, 0.25) is 5.02 Å². The minimum atomic E-state index is -1.02. The van der Waals surface area contributed by atoms with Gasteiger partial charge in [0.25, 0.3) is 5.56 Å². The van der Waals surface area contributed by atoms with Gasteiger partial charge in [-0.1, -0.05) is 11.6 Å². The molecule has 0 fully saturated rings. The number of carbonyl (C=O) groups excluding carboxylic acids is 1. The Labute approximate surface area is 202 Å². The van der Waals surface area contributed by atoms with Crippen LogP contribution in [-0.2, 0) is 6.54 Å². The van der Waals surface area contributed by atoms with E-state index in [-0.39, 0.29) is 27.4 Å². The minimum absolute atomic E-state index is 0.0523. The zero-order valence-electron chi connectivity index (χ0n) is 18.5. The molecule has 2 amide bonds. The van der Waals surface area contributed by atoms with Crippen molar-refractivity contribution < 1.29 is 18.0 Å². The van der Waals surface area contributed by atoms with Crippen LogP contribution >= 0.6 is 11.6 Å². The van der Waals surface area contributed by atoms with Crippen molar-refractivity contribution >= 4 is 45.7 Å². The molecule has 4 aromatic rings. The second kappa shape index (κ2) is 9.67. The van der Waals surface area contributed by atoms with Gasteiger partial charge in [-0.15, -0.1) is 0 Å². The summed E-state index contributed by atoms with van der Waals surface area (Å²) in [6, 6.07) is 6.99. The predicted molar refractivity (Wildman–Crippen MR) is 131 cm³/mol. The van der Waals surface area contributed by atoms with E-state index in [0.717, 1.165) is 24.3 Å². The van der Waals surface area contributed by atoms with Gasteiger partial charge < -0.3 is 20.5 Å². The number of halogens is 4. The van der Waals surface area contributed by atoms with Gasteiger partial charge in [-0.05, 0) is 37.3 Å². The first-order valence-corrected chi connectivity index (χ1v) is 10.8. The molecule has 0 aliphatic carbocycles. The highest BCUT2D eigenvalue weighted by atomic mass is 35.5. The molecule has 2 aromatic carbocycles. The van der Waals surface area contributed by atoms with Gasteiger partial charge in [0.15, 0.2) is 0 Å². The number of amides is 2. The number of hydrogen-bond acceptors (Lipinski definition) is 4. The first-order valence-electron chi connectivity index (χ1n) is 10.5. The van der Waals surface area contributed by atoms with Crippen molar-refractivity contribution in [2.45, 2.75) is 13.5 Å². The molecule has 0 atom stereocenters. The Morgan fingerprint density at radius 3 is 2.40 bits per heavy atom. The number of aromatic nitrogens is 2. The maximum atomic E-state index is 14.6. The third kappa shape index (κ3) is 4.78. The van der Waals surface area contributed by atoms with Gasteiger partial charge in [0.05, 0.1) is 21.9 Å². The fourth-order valence-electron chi connectivity index (χ4n) is 3.64. The van der Waals surface area contributed by atoms with Gasteiger partial charge in [-0.2, -0.15) is 0 Å². The zero-order valence-corrected chi connectivity index (χ0v) is 19.3. The first kappa shape index (κ1) is 24.1. The second-order valence-electron chi connectivity index (χ2n) is 7.50. The number of nitrogens with one attached hydrogen (secondary N) is 3. The lowest BCUT2D eigenvalue weighted by atomic mass is 10.0. The number of nitrogens with zero attached hydrogens (tertiary/aromatic N) is 2. The van der Waals surface area contributed by atoms with E-state index in [9.17, 15) is 22.8 Å². The molecule has 3 N–H and O–H groups in total. The van der Waals surface area contributed by atoms with E-state index in [1.54, 1.807) is 32.3 Å². The predicted octanol–water partition coefficient (Wildman–Crippen LogP) is 5.84. The average Bonchev–Trinajstić information content (AvgIpc) is 2.82. The summed E-state index contributed by atoms with van der Waals surface area (Å²) in [4.78, 5) is 29.9. The van der Waals surface area contributed by atoms with Gasteiger partial charge in [0.2, 0.25) is 0 Å². The quantitative estimate of drug-likeness (QED) is 0.320. The smallest absolute Gasteiger partial charge is 0.323 e. The minimum Gasteiger partial charge on any atom is -0.373 e. The molecule has 0 aliphatic heterocycles. The molecule has 7 nitrogen and oxygen atoms in total. The largest absolute Gasteiger partial charge is 0.373 e. The Bertz CT molecular complexity index is 1520. The fourth-order valence-corrected chi connectivity index (χ4v) is 3.89. The molecule has 0 aliphatic rings. The molecule has 180 valence electrons. The van der Waals surface area contributed by atoms with Crippen molar-refractivity contribution in [3.63, 3.8) is 0 Å². The summed E-state index contributed by atoms with van der Waals surface area (Å²) < 4.78 is 43.3. The maximum absolute atomic E-state index is 14.6. The topological polar surface area (TPSA) is 88.1 Å². The van der Waals surface area contributed by atoms with Crippen molar-refractivity contribution in [2.75, 3.05) is 23.0 Å². The summed E-state index contributed by atoms with van der Waals surface area (Å²) >= 11 is 6.27. The standard InChI is InChI=1S/C24H19ClF3N5O2/c1-3-33-21-10-22(29-2)30-11-12(21)6-15(23(33)34)14-8-20(18(28)9-16(14)25)32-24(35)31-19-7-13(26)4-5-17(19)27/h4-11H,3H2,1-2H3,(H,29,30)(H2,31,32,35). The Kier molecular flexibility index (Phi) is 6.65. The number of urea groups is 1. The van der Waals surface area contributed by atoms with Gasteiger partial charge in [0.1, 0.15) is 23.3 Å². The van der Waals surface area contributed by atoms with Crippen molar-refractivity contribution in [2.24, 2.45) is 0 Å². The van der Waals surface area contributed by atoms with Crippen LogP contribution in [0.4, 0.5) is 35.2 Å². The molecule has 11 heteroatoms. The molecule has 2 heterocycles. The number of carbonyl (C=O) groups is 1. The van der Waals surface area contributed by atoms with Crippen LogP contribution in [0.15, 0.2) is 53.5 Å². The highest BCUT2D eigenvalue weighted by Gasteiger charge is 2.18. The van der Waals surface area contributed by atoms with Crippen LogP contribution in [0, 0.1) is 17.5 Å². The van der Waals surface area contributed by atoms with E-state index in [1.165, 1.54) is 10.6 Å². The van der Waals surface area contributed by atoms with Gasteiger partial charge in [0, 0.05) is 48.4 Å². The maximum Gasteiger partial charge on any atom is 0.323 e. The Balaban J connectivity index is 1.75. The molecule has 0 unspecified atom stereocenters. The SMILES string of the molecule is CCn1c(=O)c(-c2cc(NC(=O)Nc3cc(F)ccc3F)c(F)cc2Cl)cc2cnc(NC)cc21. The third-order valence-corrected chi connectivity index (χ3v) is 5.63. The van der Waals surface area contributed by atoms with Crippen molar-refractivity contribution in [1.82, 2.24) is 9.55 Å². The Morgan fingerprint density at radius 2 is 1.71 bits per heavy atom. The molecule has 4 rings (SSSR count). The van der Waals surface area contributed by atoms with Crippen molar-refractivity contribution in [3.8, 4) is 11.1 Å². The molecule has 0 radical (unpaired) electrons. The van der Waals surface area contributed by atoms with Crippen LogP contribution < -0.4 is 21.5 Å². The number of fused-ring (bicyclic) bond motifs is 1. The highest BCUT2D eigenvalue weighted by Crippen LogP contribution is 2.33. The van der Waals surface area contributed by atoms with Crippen LogP contribution in [0.5, 0.6) is 0 Å². The van der Waals surface area contributed by atoms with Crippen molar-refractivity contribution in [3.05, 3.63) is 81.5 Å². The first-order chi connectivity index (χ1) is 16.7. The molecule has 35 heavy (non-hydrogen) atoms. The van der Waals surface area contributed by atoms with Crippen LogP contribution in [0.1, 0.15) is 6.92 Å². The molecule has 0 bridgehead atoms. The molecule has 0 spiro atoms. The number of anilines is 3. The molecule has 0 saturated carbocycles. The van der Waals surface area contributed by atoms with Crippen molar-refractivity contribution in [1.29, 1.82) is 0 Å². The van der Waals surface area contributed by atoms with Gasteiger partial charge >= 0.3 is 6.03 Å². The molecular formula is C24H19ClF3N5O2. The van der Waals surface area contributed by atoms with E-state index in [2.05, 4.69) is 20.9 Å². The second-order valence-corrected chi connectivity index (χ2v) is 7.91. The number of benzene rings is 2. The van der Waals surface area contributed by atoms with E-state index in [4.69, 9.17) is 11.6 Å². The molecule has 2 aromatic heterocycles. The summed E-state index contributed by atoms with van der Waals surface area (Å²) in [7, 11) is 1.71. The molecule has 0 saturated heterocycles. The summed E-state index contributed by atoms with van der Waals surface area (Å²) in [6.07, 6.45) is 1.59. The Hall–Kier alpha value is -4.05. The van der Waals surface area contributed by atoms with Gasteiger partial charge in [-0.3, -0.25) is 4.79 Å².